The number of cyclic esters (lactones) is 1. The van der Waals surface area contributed by atoms with Gasteiger partial charge in [0.15, 0.2) is 0 Å². The number of carbonyl (C=O) groups is 1. The fraction of sp³-hybridized carbons (Fsp3) is 0.308. The highest BCUT2D eigenvalue weighted by atomic mass is 16.6. The molecule has 0 saturated carbocycles. The van der Waals surface area contributed by atoms with Crippen molar-refractivity contribution in [1.82, 2.24) is 5.32 Å². The molecular weight excluding hydrogens is 202 g/mol. The van der Waals surface area contributed by atoms with Gasteiger partial charge in [-0.1, -0.05) is 36.4 Å². The van der Waals surface area contributed by atoms with Gasteiger partial charge in [-0.25, -0.2) is 4.79 Å². The van der Waals surface area contributed by atoms with Crippen molar-refractivity contribution >= 4 is 6.09 Å². The van der Waals surface area contributed by atoms with Crippen molar-refractivity contribution in [2.24, 2.45) is 0 Å². The normalized spacial score (nSPS) is 24.4. The van der Waals surface area contributed by atoms with Crippen molar-refractivity contribution in [3.8, 4) is 0 Å². The Hall–Kier alpha value is -1.77. The van der Waals surface area contributed by atoms with Crippen molar-refractivity contribution < 1.29 is 9.53 Å². The average Bonchev–Trinajstić information content (AvgIpc) is 2.31. The zero-order chi connectivity index (χ0) is 11.4. The van der Waals surface area contributed by atoms with E-state index < -0.39 is 5.60 Å². The molecule has 1 heterocycles. The Balaban J connectivity index is 2.34. The molecule has 1 fully saturated rings. The molecule has 3 heteroatoms. The minimum Gasteiger partial charge on any atom is -0.438 e. The predicted molar refractivity (Wildman–Crippen MR) is 62.0 cm³/mol. The van der Waals surface area contributed by atoms with Gasteiger partial charge in [0, 0.05) is 19.4 Å². The van der Waals surface area contributed by atoms with Crippen LogP contribution in [-0.2, 0) is 10.3 Å². The lowest BCUT2D eigenvalue weighted by Crippen LogP contribution is -2.45. The smallest absolute Gasteiger partial charge is 0.408 e. The first-order valence-electron chi connectivity index (χ1n) is 5.40. The number of hydrogen-bond donors (Lipinski definition) is 1. The van der Waals surface area contributed by atoms with Gasteiger partial charge in [-0.3, -0.25) is 0 Å². The number of rotatable bonds is 3. The molecule has 0 aromatic heterocycles. The topological polar surface area (TPSA) is 38.3 Å². The van der Waals surface area contributed by atoms with Gasteiger partial charge in [-0.05, 0) is 5.56 Å². The quantitative estimate of drug-likeness (QED) is 0.790. The standard InChI is InChI=1S/C13H15NO2/c1-2-8-13(9-10-14-12(15)16-13)11-6-4-3-5-7-11/h2-7H,1,8-10H2,(H,14,15)/t13-/m0/s1. The molecule has 1 saturated heterocycles. The Bertz CT molecular complexity index is 388. The van der Waals surface area contributed by atoms with Crippen molar-refractivity contribution in [2.75, 3.05) is 6.54 Å². The summed E-state index contributed by atoms with van der Waals surface area (Å²) in [4.78, 5) is 11.4. The maximum Gasteiger partial charge on any atom is 0.408 e. The zero-order valence-electron chi connectivity index (χ0n) is 9.11. The van der Waals surface area contributed by atoms with Crippen LogP contribution in [0.3, 0.4) is 0 Å². The second-order valence-corrected chi connectivity index (χ2v) is 3.92. The Morgan fingerprint density at radius 1 is 1.44 bits per heavy atom. The third-order valence-corrected chi connectivity index (χ3v) is 2.86. The lowest BCUT2D eigenvalue weighted by molar-refractivity contribution is -0.0150. The Morgan fingerprint density at radius 3 is 2.81 bits per heavy atom. The first-order valence-corrected chi connectivity index (χ1v) is 5.40. The van der Waals surface area contributed by atoms with Gasteiger partial charge in [-0.2, -0.15) is 0 Å². The van der Waals surface area contributed by atoms with E-state index in [1.807, 2.05) is 30.3 Å². The second kappa shape index (κ2) is 4.39. The summed E-state index contributed by atoms with van der Waals surface area (Å²) in [6, 6.07) is 9.84. The summed E-state index contributed by atoms with van der Waals surface area (Å²) < 4.78 is 5.48. The van der Waals surface area contributed by atoms with E-state index >= 15 is 0 Å². The van der Waals surface area contributed by atoms with Gasteiger partial charge in [0.25, 0.3) is 0 Å². The number of benzene rings is 1. The molecule has 0 radical (unpaired) electrons. The molecule has 1 aliphatic rings. The molecule has 0 spiro atoms. The molecule has 3 nitrogen and oxygen atoms in total. The number of ether oxygens (including phenoxy) is 1. The number of nitrogens with one attached hydrogen (secondary N) is 1. The van der Waals surface area contributed by atoms with Gasteiger partial charge in [0.05, 0.1) is 0 Å². The van der Waals surface area contributed by atoms with Crippen LogP contribution in [0.15, 0.2) is 43.0 Å². The molecule has 1 aliphatic heterocycles. The molecule has 84 valence electrons. The molecule has 0 bridgehead atoms. The maximum atomic E-state index is 11.4. The Kier molecular flexibility index (Phi) is 2.95. The third-order valence-electron chi connectivity index (χ3n) is 2.86. The highest BCUT2D eigenvalue weighted by Crippen LogP contribution is 2.35. The van der Waals surface area contributed by atoms with E-state index in [0.29, 0.717) is 13.0 Å². The van der Waals surface area contributed by atoms with E-state index in [9.17, 15) is 4.79 Å². The van der Waals surface area contributed by atoms with Crippen molar-refractivity contribution in [2.45, 2.75) is 18.4 Å². The first-order chi connectivity index (χ1) is 7.77. The fourth-order valence-electron chi connectivity index (χ4n) is 2.07. The van der Waals surface area contributed by atoms with Gasteiger partial charge < -0.3 is 10.1 Å². The summed E-state index contributed by atoms with van der Waals surface area (Å²) in [5.74, 6) is 0. The largest absolute Gasteiger partial charge is 0.438 e. The SMILES string of the molecule is C=CC[C@@]1(c2ccccc2)CCNC(=O)O1. The van der Waals surface area contributed by atoms with Gasteiger partial charge in [-0.15, -0.1) is 6.58 Å². The van der Waals surface area contributed by atoms with Crippen LogP contribution in [-0.4, -0.2) is 12.6 Å². The summed E-state index contributed by atoms with van der Waals surface area (Å²) >= 11 is 0. The van der Waals surface area contributed by atoms with Crippen LogP contribution in [0.1, 0.15) is 18.4 Å². The second-order valence-electron chi connectivity index (χ2n) is 3.92. The summed E-state index contributed by atoms with van der Waals surface area (Å²) in [7, 11) is 0. The summed E-state index contributed by atoms with van der Waals surface area (Å²) in [5, 5.41) is 2.67. The molecular formula is C13H15NO2. The average molecular weight is 217 g/mol. The summed E-state index contributed by atoms with van der Waals surface area (Å²) in [6.45, 7) is 4.38. The van der Waals surface area contributed by atoms with Crippen LogP contribution in [0.4, 0.5) is 4.79 Å². The number of alkyl carbamates (subject to hydrolysis) is 1. The molecule has 0 unspecified atom stereocenters. The molecule has 1 atom stereocenters. The van der Waals surface area contributed by atoms with E-state index in [2.05, 4.69) is 11.9 Å². The zero-order valence-corrected chi connectivity index (χ0v) is 9.11. The highest BCUT2D eigenvalue weighted by molar-refractivity contribution is 5.69. The lowest BCUT2D eigenvalue weighted by Gasteiger charge is -2.36. The van der Waals surface area contributed by atoms with Crippen LogP contribution in [0.25, 0.3) is 0 Å². The molecule has 2 rings (SSSR count). The van der Waals surface area contributed by atoms with Gasteiger partial charge >= 0.3 is 6.09 Å². The number of amides is 1. The van der Waals surface area contributed by atoms with E-state index in [4.69, 9.17) is 4.74 Å². The van der Waals surface area contributed by atoms with Crippen LogP contribution >= 0.6 is 0 Å². The lowest BCUT2D eigenvalue weighted by atomic mass is 9.86. The monoisotopic (exact) mass is 217 g/mol. The molecule has 16 heavy (non-hydrogen) atoms. The minimum absolute atomic E-state index is 0.350. The highest BCUT2D eigenvalue weighted by Gasteiger charge is 2.37. The van der Waals surface area contributed by atoms with Crippen LogP contribution < -0.4 is 5.32 Å². The fourth-order valence-corrected chi connectivity index (χ4v) is 2.07. The Morgan fingerprint density at radius 2 is 2.19 bits per heavy atom. The molecule has 1 amide bonds. The predicted octanol–water partition coefficient (Wildman–Crippen LogP) is 2.59. The van der Waals surface area contributed by atoms with Crippen molar-refractivity contribution in [3.63, 3.8) is 0 Å². The third kappa shape index (κ3) is 1.94. The summed E-state index contributed by atoms with van der Waals surface area (Å²) in [6.07, 6.45) is 2.86. The molecule has 1 aromatic carbocycles. The van der Waals surface area contributed by atoms with Gasteiger partial charge in [0.2, 0.25) is 0 Å². The van der Waals surface area contributed by atoms with Gasteiger partial charge in [0.1, 0.15) is 5.60 Å². The molecule has 1 N–H and O–H groups in total. The van der Waals surface area contributed by atoms with Crippen LogP contribution in [0.2, 0.25) is 0 Å². The maximum absolute atomic E-state index is 11.4. The number of carbonyl (C=O) groups excluding carboxylic acids is 1. The van der Waals surface area contributed by atoms with Crippen LogP contribution in [0.5, 0.6) is 0 Å². The van der Waals surface area contributed by atoms with Crippen molar-refractivity contribution in [1.29, 1.82) is 0 Å². The summed E-state index contributed by atoms with van der Waals surface area (Å²) in [5.41, 5.74) is 0.496. The van der Waals surface area contributed by atoms with E-state index in [1.165, 1.54) is 0 Å². The number of hydrogen-bond acceptors (Lipinski definition) is 2. The minimum atomic E-state index is -0.536. The Labute approximate surface area is 95.1 Å². The molecule has 0 aliphatic carbocycles. The first kappa shape index (κ1) is 10.7. The van der Waals surface area contributed by atoms with Crippen molar-refractivity contribution in [3.05, 3.63) is 48.6 Å². The molecule has 1 aromatic rings. The van der Waals surface area contributed by atoms with E-state index in [0.717, 1.165) is 12.0 Å². The van der Waals surface area contributed by atoms with E-state index in [-0.39, 0.29) is 6.09 Å². The van der Waals surface area contributed by atoms with Crippen LogP contribution in [0, 0.1) is 0 Å². The van der Waals surface area contributed by atoms with E-state index in [1.54, 1.807) is 6.08 Å².